The SMILES string of the molecule is CC[C@@H](NC(=O)[C@H](C)Oc1ccc(Br)cc1)c1ccc(C)cc1. The van der Waals surface area contributed by atoms with Crippen LogP contribution in [0.2, 0.25) is 0 Å². The van der Waals surface area contributed by atoms with E-state index in [1.807, 2.05) is 24.3 Å². The van der Waals surface area contributed by atoms with Crippen molar-refractivity contribution in [2.24, 2.45) is 0 Å². The van der Waals surface area contributed by atoms with Gasteiger partial charge in [-0.15, -0.1) is 0 Å². The Morgan fingerprint density at radius 1 is 1.13 bits per heavy atom. The van der Waals surface area contributed by atoms with Crippen LogP contribution in [0, 0.1) is 6.92 Å². The fourth-order valence-corrected chi connectivity index (χ4v) is 2.54. The second-order valence-corrected chi connectivity index (χ2v) is 6.51. The molecule has 1 N–H and O–H groups in total. The van der Waals surface area contributed by atoms with Crippen LogP contribution < -0.4 is 10.1 Å². The molecule has 0 saturated carbocycles. The van der Waals surface area contributed by atoms with Crippen molar-refractivity contribution < 1.29 is 9.53 Å². The third-order valence-electron chi connectivity index (χ3n) is 3.70. The quantitative estimate of drug-likeness (QED) is 0.787. The van der Waals surface area contributed by atoms with E-state index in [0.717, 1.165) is 16.5 Å². The van der Waals surface area contributed by atoms with Crippen LogP contribution in [0.5, 0.6) is 5.75 Å². The summed E-state index contributed by atoms with van der Waals surface area (Å²) in [6.45, 7) is 5.88. The van der Waals surface area contributed by atoms with Crippen LogP contribution in [-0.4, -0.2) is 12.0 Å². The zero-order valence-electron chi connectivity index (χ0n) is 13.7. The van der Waals surface area contributed by atoms with Crippen molar-refractivity contribution in [1.29, 1.82) is 0 Å². The fraction of sp³-hybridized carbons (Fsp3) is 0.316. The van der Waals surface area contributed by atoms with Gasteiger partial charge in [0.25, 0.3) is 5.91 Å². The van der Waals surface area contributed by atoms with E-state index in [-0.39, 0.29) is 11.9 Å². The van der Waals surface area contributed by atoms with Crippen molar-refractivity contribution in [2.75, 3.05) is 0 Å². The molecule has 0 heterocycles. The Hall–Kier alpha value is -1.81. The average Bonchev–Trinajstić information content (AvgIpc) is 2.55. The molecular formula is C19H22BrNO2. The number of hydrogen-bond donors (Lipinski definition) is 1. The number of aryl methyl sites for hydroxylation is 1. The standard InChI is InChI=1S/C19H22BrNO2/c1-4-18(15-7-5-13(2)6-8-15)21-19(22)14(3)23-17-11-9-16(20)10-12-17/h5-12,14,18H,4H2,1-3H3,(H,21,22)/t14-,18+/m0/s1. The molecule has 3 nitrogen and oxygen atoms in total. The maximum absolute atomic E-state index is 12.4. The van der Waals surface area contributed by atoms with E-state index in [4.69, 9.17) is 4.74 Å². The average molecular weight is 376 g/mol. The number of carbonyl (C=O) groups excluding carboxylic acids is 1. The maximum Gasteiger partial charge on any atom is 0.261 e. The van der Waals surface area contributed by atoms with Crippen LogP contribution in [0.1, 0.15) is 37.4 Å². The highest BCUT2D eigenvalue weighted by molar-refractivity contribution is 9.10. The number of rotatable bonds is 6. The minimum atomic E-state index is -0.546. The van der Waals surface area contributed by atoms with Gasteiger partial charge >= 0.3 is 0 Å². The fourth-order valence-electron chi connectivity index (χ4n) is 2.28. The summed E-state index contributed by atoms with van der Waals surface area (Å²) in [4.78, 5) is 12.4. The first-order valence-corrected chi connectivity index (χ1v) is 8.58. The van der Waals surface area contributed by atoms with Crippen LogP contribution in [0.15, 0.2) is 53.0 Å². The minimum absolute atomic E-state index is 0.000863. The molecule has 1 amide bonds. The predicted molar refractivity (Wildman–Crippen MR) is 96.6 cm³/mol. The lowest BCUT2D eigenvalue weighted by Crippen LogP contribution is -2.38. The molecule has 4 heteroatoms. The molecule has 0 saturated heterocycles. The van der Waals surface area contributed by atoms with Crippen LogP contribution in [-0.2, 0) is 4.79 Å². The summed E-state index contributed by atoms with van der Waals surface area (Å²) in [6.07, 6.45) is 0.287. The molecule has 0 radical (unpaired) electrons. The molecule has 0 aliphatic carbocycles. The highest BCUT2D eigenvalue weighted by Crippen LogP contribution is 2.19. The molecular weight excluding hydrogens is 354 g/mol. The number of amides is 1. The predicted octanol–water partition coefficient (Wildman–Crippen LogP) is 4.79. The Kier molecular flexibility index (Phi) is 6.22. The van der Waals surface area contributed by atoms with Gasteiger partial charge in [0.2, 0.25) is 0 Å². The lowest BCUT2D eigenvalue weighted by Gasteiger charge is -2.21. The lowest BCUT2D eigenvalue weighted by molar-refractivity contribution is -0.128. The van der Waals surface area contributed by atoms with Gasteiger partial charge < -0.3 is 10.1 Å². The molecule has 0 aliphatic heterocycles. The van der Waals surface area contributed by atoms with Gasteiger partial charge in [-0.05, 0) is 50.1 Å². The van der Waals surface area contributed by atoms with Crippen LogP contribution in [0.4, 0.5) is 0 Å². The number of nitrogens with one attached hydrogen (secondary N) is 1. The Balaban J connectivity index is 1.98. The monoisotopic (exact) mass is 375 g/mol. The Labute approximate surface area is 146 Å². The van der Waals surface area contributed by atoms with Gasteiger partial charge in [-0.3, -0.25) is 4.79 Å². The number of benzene rings is 2. The van der Waals surface area contributed by atoms with Gasteiger partial charge in [-0.25, -0.2) is 0 Å². The molecule has 0 bridgehead atoms. The molecule has 0 fully saturated rings. The first-order chi connectivity index (χ1) is 11.0. The van der Waals surface area contributed by atoms with Crippen molar-refractivity contribution >= 4 is 21.8 Å². The molecule has 2 rings (SSSR count). The molecule has 122 valence electrons. The summed E-state index contributed by atoms with van der Waals surface area (Å²) < 4.78 is 6.68. The van der Waals surface area contributed by atoms with Crippen molar-refractivity contribution in [2.45, 2.75) is 39.3 Å². The van der Waals surface area contributed by atoms with Crippen LogP contribution in [0.25, 0.3) is 0 Å². The molecule has 2 atom stereocenters. The number of carbonyl (C=O) groups is 1. The summed E-state index contributed by atoms with van der Waals surface area (Å²) in [5.74, 6) is 0.569. The Morgan fingerprint density at radius 3 is 2.30 bits per heavy atom. The summed E-state index contributed by atoms with van der Waals surface area (Å²) in [5, 5.41) is 3.06. The third-order valence-corrected chi connectivity index (χ3v) is 4.23. The number of hydrogen-bond acceptors (Lipinski definition) is 2. The molecule has 0 spiro atoms. The molecule has 0 aliphatic rings. The smallest absolute Gasteiger partial charge is 0.261 e. The van der Waals surface area contributed by atoms with Crippen molar-refractivity contribution in [3.63, 3.8) is 0 Å². The first kappa shape index (κ1) is 17.5. The number of halogens is 1. The van der Waals surface area contributed by atoms with Gasteiger partial charge in [0.15, 0.2) is 6.10 Å². The van der Waals surface area contributed by atoms with Gasteiger partial charge in [-0.1, -0.05) is 52.7 Å². The third kappa shape index (κ3) is 5.10. The second-order valence-electron chi connectivity index (χ2n) is 5.59. The van der Waals surface area contributed by atoms with E-state index in [2.05, 4.69) is 59.4 Å². The zero-order chi connectivity index (χ0) is 16.8. The summed E-state index contributed by atoms with van der Waals surface area (Å²) in [6, 6.07) is 15.7. The van der Waals surface area contributed by atoms with Crippen molar-refractivity contribution in [3.8, 4) is 5.75 Å². The largest absolute Gasteiger partial charge is 0.481 e. The summed E-state index contributed by atoms with van der Waals surface area (Å²) >= 11 is 3.38. The lowest BCUT2D eigenvalue weighted by atomic mass is 10.0. The van der Waals surface area contributed by atoms with Gasteiger partial charge in [0.05, 0.1) is 6.04 Å². The highest BCUT2D eigenvalue weighted by Gasteiger charge is 2.19. The minimum Gasteiger partial charge on any atom is -0.481 e. The summed E-state index contributed by atoms with van der Waals surface area (Å²) in [5.41, 5.74) is 2.32. The van der Waals surface area contributed by atoms with E-state index in [1.54, 1.807) is 6.92 Å². The van der Waals surface area contributed by atoms with Crippen molar-refractivity contribution in [1.82, 2.24) is 5.32 Å². The van der Waals surface area contributed by atoms with Gasteiger partial charge in [0.1, 0.15) is 5.75 Å². The van der Waals surface area contributed by atoms with Gasteiger partial charge in [-0.2, -0.15) is 0 Å². The topological polar surface area (TPSA) is 38.3 Å². The summed E-state index contributed by atoms with van der Waals surface area (Å²) in [7, 11) is 0. The second kappa shape index (κ2) is 8.16. The van der Waals surface area contributed by atoms with Crippen molar-refractivity contribution in [3.05, 3.63) is 64.1 Å². The molecule has 23 heavy (non-hydrogen) atoms. The number of ether oxygens (including phenoxy) is 1. The first-order valence-electron chi connectivity index (χ1n) is 7.78. The molecule has 0 unspecified atom stereocenters. The zero-order valence-corrected chi connectivity index (χ0v) is 15.3. The van der Waals surface area contributed by atoms with Crippen LogP contribution >= 0.6 is 15.9 Å². The van der Waals surface area contributed by atoms with E-state index in [9.17, 15) is 4.79 Å². The molecule has 2 aromatic rings. The maximum atomic E-state index is 12.4. The molecule has 0 aromatic heterocycles. The highest BCUT2D eigenvalue weighted by atomic mass is 79.9. The van der Waals surface area contributed by atoms with E-state index >= 15 is 0 Å². The van der Waals surface area contributed by atoms with E-state index < -0.39 is 6.10 Å². The Morgan fingerprint density at radius 2 is 1.74 bits per heavy atom. The van der Waals surface area contributed by atoms with Gasteiger partial charge in [0, 0.05) is 4.47 Å². The molecule has 2 aromatic carbocycles. The Bertz CT molecular complexity index is 637. The van der Waals surface area contributed by atoms with E-state index in [1.165, 1.54) is 5.56 Å². The normalized spacial score (nSPS) is 13.2. The van der Waals surface area contributed by atoms with E-state index in [0.29, 0.717) is 5.75 Å². The van der Waals surface area contributed by atoms with Crippen LogP contribution in [0.3, 0.4) is 0 Å².